The number of carbonyl (C=O) groups excluding carboxylic acids is 1. The first-order valence-electron chi connectivity index (χ1n) is 7.68. The molecule has 4 heteroatoms. The van der Waals surface area contributed by atoms with E-state index in [9.17, 15) is 4.79 Å². The van der Waals surface area contributed by atoms with E-state index >= 15 is 0 Å². The summed E-state index contributed by atoms with van der Waals surface area (Å²) in [5.41, 5.74) is 1.22. The predicted molar refractivity (Wildman–Crippen MR) is 82.5 cm³/mol. The molecular formula is C17H25NO3. The van der Waals surface area contributed by atoms with Crippen LogP contribution in [0.15, 0.2) is 24.3 Å². The summed E-state index contributed by atoms with van der Waals surface area (Å²) in [4.78, 5) is 13.9. The molecule has 116 valence electrons. The molecule has 0 saturated carbocycles. The van der Waals surface area contributed by atoms with Crippen LogP contribution in [0.4, 0.5) is 0 Å². The Hall–Kier alpha value is -1.55. The van der Waals surface area contributed by atoms with Crippen molar-refractivity contribution in [2.75, 3.05) is 33.4 Å². The van der Waals surface area contributed by atoms with Crippen LogP contribution < -0.4 is 4.74 Å². The van der Waals surface area contributed by atoms with Gasteiger partial charge in [-0.2, -0.15) is 0 Å². The highest BCUT2D eigenvalue weighted by atomic mass is 16.5. The van der Waals surface area contributed by atoms with Crippen molar-refractivity contribution in [3.8, 4) is 5.75 Å². The summed E-state index contributed by atoms with van der Waals surface area (Å²) in [6.07, 6.45) is 2.83. The third-order valence-corrected chi connectivity index (χ3v) is 4.00. The number of piperidine rings is 1. The molecule has 0 bridgehead atoms. The maximum atomic E-state index is 11.5. The van der Waals surface area contributed by atoms with Crippen molar-refractivity contribution in [1.29, 1.82) is 0 Å². The Morgan fingerprint density at radius 2 is 2.10 bits per heavy atom. The predicted octanol–water partition coefficient (Wildman–Crippen LogP) is 2.65. The molecule has 21 heavy (non-hydrogen) atoms. The Balaban J connectivity index is 1.61. The summed E-state index contributed by atoms with van der Waals surface area (Å²) in [7, 11) is 1.47. The Bertz CT molecular complexity index is 453. The zero-order valence-corrected chi connectivity index (χ0v) is 13.0. The number of methoxy groups -OCH3 is 1. The third kappa shape index (κ3) is 5.05. The maximum absolute atomic E-state index is 11.5. The van der Waals surface area contributed by atoms with Gasteiger partial charge in [-0.25, -0.2) is 0 Å². The molecule has 1 aromatic rings. The second-order valence-electron chi connectivity index (χ2n) is 5.66. The molecule has 1 aliphatic rings. The quantitative estimate of drug-likeness (QED) is 0.596. The van der Waals surface area contributed by atoms with E-state index in [-0.39, 0.29) is 11.9 Å². The van der Waals surface area contributed by atoms with Crippen molar-refractivity contribution in [2.45, 2.75) is 26.2 Å². The van der Waals surface area contributed by atoms with Crippen LogP contribution in [0.5, 0.6) is 5.75 Å². The number of rotatable bonds is 6. The Kier molecular flexibility index (Phi) is 6.05. The molecule has 0 aliphatic carbocycles. The first-order valence-corrected chi connectivity index (χ1v) is 7.68. The molecule has 4 nitrogen and oxygen atoms in total. The number of hydrogen-bond acceptors (Lipinski definition) is 4. The molecule has 1 aromatic carbocycles. The van der Waals surface area contributed by atoms with Crippen molar-refractivity contribution in [1.82, 2.24) is 4.90 Å². The van der Waals surface area contributed by atoms with Crippen LogP contribution in [0, 0.1) is 12.8 Å². The number of ether oxygens (including phenoxy) is 2. The summed E-state index contributed by atoms with van der Waals surface area (Å²) in [5, 5.41) is 0. The van der Waals surface area contributed by atoms with E-state index in [1.807, 2.05) is 12.1 Å². The Morgan fingerprint density at radius 1 is 1.33 bits per heavy atom. The molecule has 1 saturated heterocycles. The molecule has 0 radical (unpaired) electrons. The highest BCUT2D eigenvalue weighted by molar-refractivity contribution is 5.72. The fourth-order valence-electron chi connectivity index (χ4n) is 2.74. The Morgan fingerprint density at radius 3 is 2.76 bits per heavy atom. The summed E-state index contributed by atoms with van der Waals surface area (Å²) < 4.78 is 10.6. The normalized spacial score (nSPS) is 16.7. The first-order chi connectivity index (χ1) is 10.2. The monoisotopic (exact) mass is 291 g/mol. The van der Waals surface area contributed by atoms with E-state index in [0.29, 0.717) is 0 Å². The average molecular weight is 291 g/mol. The number of hydrogen-bond donors (Lipinski definition) is 0. The standard InChI is InChI=1S/C17H25NO3/c1-14-5-3-6-16(13-14)21-12-4-9-18-10-7-15(8-11-18)17(19)20-2/h3,5-6,13,15H,4,7-12H2,1-2H3. The maximum Gasteiger partial charge on any atom is 0.308 e. The highest BCUT2D eigenvalue weighted by Crippen LogP contribution is 2.18. The van der Waals surface area contributed by atoms with Gasteiger partial charge in [0.05, 0.1) is 19.6 Å². The molecule has 0 N–H and O–H groups in total. The smallest absolute Gasteiger partial charge is 0.308 e. The molecule has 1 heterocycles. The number of nitrogens with zero attached hydrogens (tertiary/aromatic N) is 1. The number of esters is 1. The van der Waals surface area contributed by atoms with Gasteiger partial charge in [-0.05, 0) is 57.0 Å². The number of aryl methyl sites for hydroxylation is 1. The fourth-order valence-corrected chi connectivity index (χ4v) is 2.74. The second-order valence-corrected chi connectivity index (χ2v) is 5.66. The number of carbonyl (C=O) groups is 1. The lowest BCUT2D eigenvalue weighted by atomic mass is 9.97. The number of likely N-dealkylation sites (tertiary alicyclic amines) is 1. The summed E-state index contributed by atoms with van der Waals surface area (Å²) >= 11 is 0. The molecule has 0 atom stereocenters. The van der Waals surface area contributed by atoms with Gasteiger partial charge in [-0.1, -0.05) is 12.1 Å². The fraction of sp³-hybridized carbons (Fsp3) is 0.588. The second kappa shape index (κ2) is 8.03. The van der Waals surface area contributed by atoms with Gasteiger partial charge >= 0.3 is 5.97 Å². The summed E-state index contributed by atoms with van der Waals surface area (Å²) in [6.45, 7) is 5.78. The molecule has 1 aliphatic heterocycles. The van der Waals surface area contributed by atoms with Gasteiger partial charge in [-0.3, -0.25) is 4.79 Å². The highest BCUT2D eigenvalue weighted by Gasteiger charge is 2.25. The zero-order chi connectivity index (χ0) is 15.1. The summed E-state index contributed by atoms with van der Waals surface area (Å²) in [5.74, 6) is 0.978. The number of benzene rings is 1. The minimum Gasteiger partial charge on any atom is -0.494 e. The largest absolute Gasteiger partial charge is 0.494 e. The lowest BCUT2D eigenvalue weighted by molar-refractivity contribution is -0.147. The van der Waals surface area contributed by atoms with Crippen LogP contribution in [0.2, 0.25) is 0 Å². The minimum atomic E-state index is -0.0579. The van der Waals surface area contributed by atoms with Gasteiger partial charge in [0, 0.05) is 6.54 Å². The molecule has 0 amide bonds. The van der Waals surface area contributed by atoms with Gasteiger partial charge in [0.25, 0.3) is 0 Å². The van der Waals surface area contributed by atoms with E-state index in [1.165, 1.54) is 12.7 Å². The van der Waals surface area contributed by atoms with E-state index < -0.39 is 0 Å². The lowest BCUT2D eigenvalue weighted by Gasteiger charge is -2.30. The van der Waals surface area contributed by atoms with Crippen LogP contribution >= 0.6 is 0 Å². The van der Waals surface area contributed by atoms with Crippen LogP contribution in [0.3, 0.4) is 0 Å². The van der Waals surface area contributed by atoms with E-state index in [2.05, 4.69) is 24.0 Å². The molecule has 0 spiro atoms. The molecular weight excluding hydrogens is 266 g/mol. The SMILES string of the molecule is COC(=O)C1CCN(CCCOc2cccc(C)c2)CC1. The van der Waals surface area contributed by atoms with E-state index in [0.717, 1.165) is 51.3 Å². The van der Waals surface area contributed by atoms with Gasteiger partial charge in [0.2, 0.25) is 0 Å². The van der Waals surface area contributed by atoms with Crippen LogP contribution in [-0.4, -0.2) is 44.2 Å². The molecule has 2 rings (SSSR count). The van der Waals surface area contributed by atoms with Crippen molar-refractivity contribution in [3.05, 3.63) is 29.8 Å². The van der Waals surface area contributed by atoms with Crippen LogP contribution in [0.25, 0.3) is 0 Å². The van der Waals surface area contributed by atoms with Crippen LogP contribution in [0.1, 0.15) is 24.8 Å². The van der Waals surface area contributed by atoms with Gasteiger partial charge in [0.15, 0.2) is 0 Å². The van der Waals surface area contributed by atoms with Gasteiger partial charge in [0.1, 0.15) is 5.75 Å². The van der Waals surface area contributed by atoms with Gasteiger partial charge in [-0.15, -0.1) is 0 Å². The average Bonchev–Trinajstić information content (AvgIpc) is 2.51. The zero-order valence-electron chi connectivity index (χ0n) is 13.0. The van der Waals surface area contributed by atoms with Crippen molar-refractivity contribution < 1.29 is 14.3 Å². The Labute approximate surface area is 127 Å². The molecule has 0 unspecified atom stereocenters. The van der Waals surface area contributed by atoms with Gasteiger partial charge < -0.3 is 14.4 Å². The van der Waals surface area contributed by atoms with Crippen molar-refractivity contribution in [2.24, 2.45) is 5.92 Å². The van der Waals surface area contributed by atoms with E-state index in [1.54, 1.807) is 0 Å². The molecule has 1 fully saturated rings. The minimum absolute atomic E-state index is 0.0579. The summed E-state index contributed by atoms with van der Waals surface area (Å²) in [6, 6.07) is 8.14. The van der Waals surface area contributed by atoms with Crippen molar-refractivity contribution >= 4 is 5.97 Å². The first kappa shape index (κ1) is 15.8. The van der Waals surface area contributed by atoms with Crippen LogP contribution in [-0.2, 0) is 9.53 Å². The van der Waals surface area contributed by atoms with Crippen molar-refractivity contribution in [3.63, 3.8) is 0 Å². The van der Waals surface area contributed by atoms with E-state index in [4.69, 9.17) is 9.47 Å². The third-order valence-electron chi connectivity index (χ3n) is 4.00. The molecule has 0 aromatic heterocycles. The lowest BCUT2D eigenvalue weighted by Crippen LogP contribution is -2.37. The topological polar surface area (TPSA) is 38.8 Å².